The van der Waals surface area contributed by atoms with Gasteiger partial charge in [-0.25, -0.2) is 5.43 Å². The highest BCUT2D eigenvalue weighted by atomic mass is 35.5. The molecule has 4 aromatic carbocycles. The highest BCUT2D eigenvalue weighted by molar-refractivity contribution is 7.99. The topological polar surface area (TPSA) is 72.2 Å². The van der Waals surface area contributed by atoms with Crippen LogP contribution in [-0.4, -0.2) is 32.1 Å². The molecule has 0 aliphatic carbocycles. The van der Waals surface area contributed by atoms with Crippen LogP contribution in [0.2, 0.25) is 5.02 Å². The molecule has 5 aromatic rings. The summed E-state index contributed by atoms with van der Waals surface area (Å²) in [6, 6.07) is 33.8. The molecule has 0 bridgehead atoms. The number of hydrogen-bond acceptors (Lipinski definition) is 5. The van der Waals surface area contributed by atoms with Gasteiger partial charge in [0.25, 0.3) is 5.91 Å². The maximum atomic E-state index is 12.7. The molecule has 0 aliphatic rings. The van der Waals surface area contributed by atoms with Crippen LogP contribution in [0, 0.1) is 6.92 Å². The number of hydrazone groups is 1. The van der Waals surface area contributed by atoms with Crippen LogP contribution in [0.5, 0.6) is 0 Å². The lowest BCUT2D eigenvalue weighted by molar-refractivity contribution is -0.118. The van der Waals surface area contributed by atoms with Crippen LogP contribution in [0.3, 0.4) is 0 Å². The Hall–Kier alpha value is -4.20. The Morgan fingerprint density at radius 1 is 0.846 bits per heavy atom. The number of benzene rings is 4. The summed E-state index contributed by atoms with van der Waals surface area (Å²) in [6.45, 7) is 3.91. The maximum absolute atomic E-state index is 12.7. The second-order valence-electron chi connectivity index (χ2n) is 8.95. The Labute approximate surface area is 236 Å². The summed E-state index contributed by atoms with van der Waals surface area (Å²) in [7, 11) is 0. The Balaban J connectivity index is 1.28. The first-order chi connectivity index (χ1) is 19.0. The Morgan fingerprint density at radius 2 is 1.49 bits per heavy atom. The monoisotopic (exact) mass is 551 g/mol. The van der Waals surface area contributed by atoms with Crippen LogP contribution in [0.15, 0.2) is 113 Å². The number of halogens is 1. The molecule has 0 saturated carbocycles. The Kier molecular flexibility index (Phi) is 8.20. The number of hydrogen-bond donors (Lipinski definition) is 1. The van der Waals surface area contributed by atoms with E-state index in [0.29, 0.717) is 16.0 Å². The molecule has 1 aromatic heterocycles. The smallest absolute Gasteiger partial charge is 0.250 e. The van der Waals surface area contributed by atoms with E-state index in [9.17, 15) is 4.79 Å². The third-order valence-corrected chi connectivity index (χ3v) is 7.30. The van der Waals surface area contributed by atoms with Gasteiger partial charge in [0.1, 0.15) is 0 Å². The third kappa shape index (κ3) is 6.45. The van der Waals surface area contributed by atoms with Crippen molar-refractivity contribution >= 4 is 35.0 Å². The molecule has 5 rings (SSSR count). The minimum absolute atomic E-state index is 0.133. The summed E-state index contributed by atoms with van der Waals surface area (Å²) in [4.78, 5) is 12.7. The van der Waals surface area contributed by atoms with Crippen molar-refractivity contribution in [3.05, 3.63) is 119 Å². The lowest BCUT2D eigenvalue weighted by Crippen LogP contribution is -2.21. The van der Waals surface area contributed by atoms with Gasteiger partial charge < -0.3 is 0 Å². The van der Waals surface area contributed by atoms with E-state index in [1.165, 1.54) is 11.8 Å². The van der Waals surface area contributed by atoms with Crippen molar-refractivity contribution in [3.63, 3.8) is 0 Å². The number of amides is 1. The summed E-state index contributed by atoms with van der Waals surface area (Å²) in [5.74, 6) is 0.576. The summed E-state index contributed by atoms with van der Waals surface area (Å²) < 4.78 is 1.95. The van der Waals surface area contributed by atoms with Crippen molar-refractivity contribution in [1.29, 1.82) is 0 Å². The average Bonchev–Trinajstić information content (AvgIpc) is 3.40. The zero-order valence-corrected chi connectivity index (χ0v) is 23.1. The van der Waals surface area contributed by atoms with Gasteiger partial charge in [0.15, 0.2) is 11.0 Å². The number of rotatable bonds is 8. The van der Waals surface area contributed by atoms with Crippen LogP contribution in [-0.2, 0) is 4.79 Å². The van der Waals surface area contributed by atoms with Gasteiger partial charge in [-0.1, -0.05) is 95.7 Å². The molecular weight excluding hydrogens is 526 g/mol. The number of nitrogens with zero attached hydrogens (tertiary/aromatic N) is 4. The van der Waals surface area contributed by atoms with Crippen LogP contribution in [0.4, 0.5) is 0 Å². The highest BCUT2D eigenvalue weighted by Gasteiger charge is 2.17. The summed E-state index contributed by atoms with van der Waals surface area (Å²) in [5, 5.41) is 14.4. The van der Waals surface area contributed by atoms with Gasteiger partial charge in [0.05, 0.1) is 11.5 Å². The molecule has 1 heterocycles. The largest absolute Gasteiger partial charge is 0.272 e. The van der Waals surface area contributed by atoms with Crippen LogP contribution in [0.1, 0.15) is 18.1 Å². The predicted molar refractivity (Wildman–Crippen MR) is 159 cm³/mol. The quantitative estimate of drug-likeness (QED) is 0.126. The van der Waals surface area contributed by atoms with Gasteiger partial charge in [-0.15, -0.1) is 10.2 Å². The molecule has 39 heavy (non-hydrogen) atoms. The first-order valence-corrected chi connectivity index (χ1v) is 13.7. The lowest BCUT2D eigenvalue weighted by atomic mass is 10.0. The van der Waals surface area contributed by atoms with E-state index < -0.39 is 0 Å². The lowest BCUT2D eigenvalue weighted by Gasteiger charge is -2.11. The van der Waals surface area contributed by atoms with Crippen molar-refractivity contribution in [1.82, 2.24) is 20.2 Å². The molecule has 0 aliphatic heterocycles. The van der Waals surface area contributed by atoms with Crippen molar-refractivity contribution in [2.24, 2.45) is 5.10 Å². The zero-order valence-electron chi connectivity index (χ0n) is 21.5. The number of aryl methyl sites for hydroxylation is 1. The predicted octanol–water partition coefficient (Wildman–Crippen LogP) is 7.20. The second kappa shape index (κ2) is 12.1. The molecular formula is C31H26ClN5OS. The minimum Gasteiger partial charge on any atom is -0.272 e. The minimum atomic E-state index is -0.230. The summed E-state index contributed by atoms with van der Waals surface area (Å²) in [6.07, 6.45) is 0. The van der Waals surface area contributed by atoms with E-state index >= 15 is 0 Å². The zero-order chi connectivity index (χ0) is 27.2. The second-order valence-corrected chi connectivity index (χ2v) is 10.3. The molecule has 0 atom stereocenters. The van der Waals surface area contributed by atoms with Crippen molar-refractivity contribution in [2.75, 3.05) is 5.75 Å². The van der Waals surface area contributed by atoms with Crippen LogP contribution in [0.25, 0.3) is 28.2 Å². The molecule has 8 heteroatoms. The molecule has 0 saturated heterocycles. The van der Waals surface area contributed by atoms with Gasteiger partial charge in [-0.2, -0.15) is 5.10 Å². The number of carbonyl (C=O) groups is 1. The van der Waals surface area contributed by atoms with Crippen LogP contribution >= 0.6 is 23.4 Å². The van der Waals surface area contributed by atoms with Gasteiger partial charge >= 0.3 is 0 Å². The summed E-state index contributed by atoms with van der Waals surface area (Å²) in [5.41, 5.74) is 9.54. The highest BCUT2D eigenvalue weighted by Crippen LogP contribution is 2.29. The number of aromatic nitrogens is 3. The Bertz CT molecular complexity index is 1600. The van der Waals surface area contributed by atoms with E-state index in [-0.39, 0.29) is 11.7 Å². The molecule has 0 fully saturated rings. The first kappa shape index (κ1) is 26.4. The molecule has 1 amide bonds. The molecule has 0 spiro atoms. The fourth-order valence-corrected chi connectivity index (χ4v) is 4.85. The molecule has 1 N–H and O–H groups in total. The van der Waals surface area contributed by atoms with Gasteiger partial charge in [-0.05, 0) is 66.9 Å². The van der Waals surface area contributed by atoms with Crippen molar-refractivity contribution in [3.8, 4) is 28.2 Å². The van der Waals surface area contributed by atoms with E-state index in [4.69, 9.17) is 11.6 Å². The van der Waals surface area contributed by atoms with Crippen molar-refractivity contribution in [2.45, 2.75) is 19.0 Å². The average molecular weight is 552 g/mol. The maximum Gasteiger partial charge on any atom is 0.250 e. The molecule has 0 radical (unpaired) electrons. The number of thioether (sulfide) groups is 1. The van der Waals surface area contributed by atoms with Gasteiger partial charge in [0, 0.05) is 16.3 Å². The van der Waals surface area contributed by atoms with Crippen molar-refractivity contribution < 1.29 is 4.79 Å². The van der Waals surface area contributed by atoms with Gasteiger partial charge in [-0.3, -0.25) is 9.36 Å². The number of nitrogens with one attached hydrogen (secondary N) is 1. The first-order valence-electron chi connectivity index (χ1n) is 12.4. The van der Waals surface area contributed by atoms with E-state index in [2.05, 4.69) is 45.0 Å². The van der Waals surface area contributed by atoms with E-state index in [0.717, 1.165) is 39.2 Å². The Morgan fingerprint density at radius 3 is 2.18 bits per heavy atom. The van der Waals surface area contributed by atoms with Gasteiger partial charge in [0.2, 0.25) is 0 Å². The third-order valence-electron chi connectivity index (χ3n) is 6.12. The number of carbonyl (C=O) groups excluding carboxylic acids is 1. The normalized spacial score (nSPS) is 11.4. The standard InChI is InChI=1S/C31H26ClN5OS/c1-21-8-18-28(19-9-21)37-30(26-14-16-27(32)17-15-26)35-36-31(37)39-20-29(38)34-33-22(2)23-10-12-25(13-11-23)24-6-4-3-5-7-24/h3-19H,20H2,1-2H3,(H,34,38)/b33-22-. The van der Waals surface area contributed by atoms with E-state index in [1.807, 2.05) is 97.3 Å². The summed E-state index contributed by atoms with van der Waals surface area (Å²) >= 11 is 7.39. The van der Waals surface area contributed by atoms with Crippen LogP contribution < -0.4 is 5.43 Å². The van der Waals surface area contributed by atoms with E-state index in [1.54, 1.807) is 0 Å². The molecule has 6 nitrogen and oxygen atoms in total. The molecule has 0 unspecified atom stereocenters. The SMILES string of the molecule is C/C(=N/NC(=O)CSc1nnc(-c2ccc(Cl)cc2)n1-c1ccc(C)cc1)c1ccc(-c2ccccc2)cc1. The fourth-order valence-electron chi connectivity index (χ4n) is 3.98. The fraction of sp³-hybridized carbons (Fsp3) is 0.0968. The molecule has 194 valence electrons.